The molecule has 0 aliphatic rings. The average molecular weight is 308 g/mol. The third-order valence-corrected chi connectivity index (χ3v) is 3.30. The summed E-state index contributed by atoms with van der Waals surface area (Å²) in [6, 6.07) is 14.9. The molecule has 3 rings (SSSR count). The van der Waals surface area contributed by atoms with Crippen LogP contribution in [-0.2, 0) is 4.74 Å². The van der Waals surface area contributed by atoms with Crippen LogP contribution in [0.1, 0.15) is 23.1 Å². The van der Waals surface area contributed by atoms with Gasteiger partial charge in [0.15, 0.2) is 11.5 Å². The molecule has 6 nitrogen and oxygen atoms in total. The lowest BCUT2D eigenvalue weighted by atomic mass is 10.3. The highest BCUT2D eigenvalue weighted by molar-refractivity contribution is 5.93. The lowest BCUT2D eigenvalue weighted by Gasteiger charge is -2.02. The van der Waals surface area contributed by atoms with Gasteiger partial charge < -0.3 is 4.74 Å². The first-order valence-electron chi connectivity index (χ1n) is 7.32. The number of rotatable bonds is 4. The van der Waals surface area contributed by atoms with Crippen LogP contribution in [-0.4, -0.2) is 22.0 Å². The largest absolute Gasteiger partial charge is 0.461 e. The van der Waals surface area contributed by atoms with Crippen molar-refractivity contribution in [3.8, 4) is 0 Å². The maximum atomic E-state index is 12.2. The molecular formula is C17H16N4O2. The minimum Gasteiger partial charge on any atom is -0.461 e. The maximum Gasteiger partial charge on any atom is 0.360 e. The Balaban J connectivity index is 2.14. The van der Waals surface area contributed by atoms with Gasteiger partial charge in [0.25, 0.3) is 0 Å². The molecule has 23 heavy (non-hydrogen) atoms. The van der Waals surface area contributed by atoms with Crippen molar-refractivity contribution in [1.82, 2.24) is 9.38 Å². The number of azo groups is 1. The van der Waals surface area contributed by atoms with E-state index in [2.05, 4.69) is 15.2 Å². The van der Waals surface area contributed by atoms with Crippen molar-refractivity contribution >= 4 is 23.1 Å². The molecule has 1 aromatic carbocycles. The molecule has 0 aliphatic carbocycles. The summed E-state index contributed by atoms with van der Waals surface area (Å²) < 4.78 is 6.86. The van der Waals surface area contributed by atoms with Crippen molar-refractivity contribution in [2.75, 3.05) is 6.61 Å². The summed E-state index contributed by atoms with van der Waals surface area (Å²) in [6.07, 6.45) is 0. The van der Waals surface area contributed by atoms with Crippen LogP contribution in [0.3, 0.4) is 0 Å². The van der Waals surface area contributed by atoms with Crippen LogP contribution in [0, 0.1) is 6.92 Å². The predicted octanol–water partition coefficient (Wildman–Crippen LogP) is 4.23. The van der Waals surface area contributed by atoms with Crippen LogP contribution in [0.2, 0.25) is 0 Å². The number of fused-ring (bicyclic) bond motifs is 1. The Morgan fingerprint density at radius 2 is 1.91 bits per heavy atom. The lowest BCUT2D eigenvalue weighted by Crippen LogP contribution is -2.05. The van der Waals surface area contributed by atoms with E-state index >= 15 is 0 Å². The monoisotopic (exact) mass is 308 g/mol. The van der Waals surface area contributed by atoms with Crippen molar-refractivity contribution in [3.63, 3.8) is 0 Å². The highest BCUT2D eigenvalue weighted by atomic mass is 16.5. The third-order valence-electron chi connectivity index (χ3n) is 3.30. The van der Waals surface area contributed by atoms with Crippen LogP contribution < -0.4 is 0 Å². The molecule has 116 valence electrons. The normalized spacial score (nSPS) is 11.2. The van der Waals surface area contributed by atoms with Crippen LogP contribution in [0.4, 0.5) is 11.5 Å². The van der Waals surface area contributed by atoms with E-state index in [9.17, 15) is 4.79 Å². The molecule has 0 atom stereocenters. The Hall–Kier alpha value is -3.02. The second-order valence-corrected chi connectivity index (χ2v) is 4.90. The minimum absolute atomic E-state index is 0.167. The van der Waals surface area contributed by atoms with Gasteiger partial charge in [-0.1, -0.05) is 24.3 Å². The third kappa shape index (κ3) is 2.96. The van der Waals surface area contributed by atoms with Crippen LogP contribution in [0.25, 0.3) is 5.65 Å². The van der Waals surface area contributed by atoms with Crippen molar-refractivity contribution < 1.29 is 9.53 Å². The second-order valence-electron chi connectivity index (χ2n) is 4.90. The summed E-state index contributed by atoms with van der Waals surface area (Å²) in [5, 5.41) is 8.45. The van der Waals surface area contributed by atoms with Gasteiger partial charge in [-0.3, -0.25) is 4.40 Å². The predicted molar refractivity (Wildman–Crippen MR) is 86.5 cm³/mol. The molecule has 2 heterocycles. The molecule has 0 bridgehead atoms. The molecule has 0 amide bonds. The number of esters is 1. The quantitative estimate of drug-likeness (QED) is 0.535. The SMILES string of the molecule is CCOC(=O)c1nc2cccc(C)n2c1N=Nc1ccccc1. The van der Waals surface area contributed by atoms with Crippen LogP contribution >= 0.6 is 0 Å². The van der Waals surface area contributed by atoms with Gasteiger partial charge in [-0.25, -0.2) is 9.78 Å². The number of carbonyl (C=O) groups is 1. The smallest absolute Gasteiger partial charge is 0.360 e. The molecular weight excluding hydrogens is 292 g/mol. The van der Waals surface area contributed by atoms with E-state index in [1.807, 2.05) is 55.5 Å². The van der Waals surface area contributed by atoms with Gasteiger partial charge in [-0.15, -0.1) is 10.2 Å². The highest BCUT2D eigenvalue weighted by Gasteiger charge is 2.21. The summed E-state index contributed by atoms with van der Waals surface area (Å²) in [7, 11) is 0. The van der Waals surface area contributed by atoms with E-state index in [-0.39, 0.29) is 12.3 Å². The second kappa shape index (κ2) is 6.39. The van der Waals surface area contributed by atoms with Crippen molar-refractivity contribution in [2.45, 2.75) is 13.8 Å². The summed E-state index contributed by atoms with van der Waals surface area (Å²) in [6.45, 7) is 3.95. The van der Waals surface area contributed by atoms with E-state index in [0.29, 0.717) is 17.2 Å². The van der Waals surface area contributed by atoms with Gasteiger partial charge >= 0.3 is 5.97 Å². The highest BCUT2D eigenvalue weighted by Crippen LogP contribution is 2.26. The van der Waals surface area contributed by atoms with E-state index in [1.54, 1.807) is 11.3 Å². The first kappa shape index (κ1) is 14.9. The van der Waals surface area contributed by atoms with Gasteiger partial charge in [-0.05, 0) is 38.1 Å². The lowest BCUT2D eigenvalue weighted by molar-refractivity contribution is 0.0521. The molecule has 0 fully saturated rings. The Labute approximate surface area is 133 Å². The number of ether oxygens (including phenoxy) is 1. The van der Waals surface area contributed by atoms with Crippen molar-refractivity contribution in [2.24, 2.45) is 10.2 Å². The fraction of sp³-hybridized carbons (Fsp3) is 0.176. The number of hydrogen-bond donors (Lipinski definition) is 0. The molecule has 0 saturated heterocycles. The standard InChI is InChI=1S/C17H16N4O2/c1-3-23-17(22)15-16(20-19-13-9-5-4-6-10-13)21-12(2)8-7-11-14(21)18-15/h4-11H,3H2,1-2H3. The molecule has 0 N–H and O–H groups in total. The zero-order valence-corrected chi connectivity index (χ0v) is 12.9. The number of carbonyl (C=O) groups excluding carboxylic acids is 1. The zero-order valence-electron chi connectivity index (χ0n) is 12.9. The summed E-state index contributed by atoms with van der Waals surface area (Å²) in [5.74, 6) is -0.127. The Morgan fingerprint density at radius 1 is 1.13 bits per heavy atom. The van der Waals surface area contributed by atoms with Crippen LogP contribution in [0.5, 0.6) is 0 Å². The summed E-state index contributed by atoms with van der Waals surface area (Å²) >= 11 is 0. The van der Waals surface area contributed by atoms with E-state index in [1.165, 1.54) is 0 Å². The van der Waals surface area contributed by atoms with Gasteiger partial charge in [0.1, 0.15) is 5.65 Å². The molecule has 0 saturated carbocycles. The number of nitrogens with zero attached hydrogens (tertiary/aromatic N) is 4. The van der Waals surface area contributed by atoms with Crippen molar-refractivity contribution in [3.05, 3.63) is 59.9 Å². The molecule has 0 aliphatic heterocycles. The van der Waals surface area contributed by atoms with Crippen molar-refractivity contribution in [1.29, 1.82) is 0 Å². The summed E-state index contributed by atoms with van der Waals surface area (Å²) in [5.41, 5.74) is 2.41. The number of aromatic nitrogens is 2. The van der Waals surface area contributed by atoms with Gasteiger partial charge in [0, 0.05) is 5.69 Å². The topological polar surface area (TPSA) is 68.3 Å². The fourth-order valence-corrected chi connectivity index (χ4v) is 2.26. The number of pyridine rings is 1. The zero-order chi connectivity index (χ0) is 16.2. The Morgan fingerprint density at radius 3 is 2.65 bits per heavy atom. The average Bonchev–Trinajstić information content (AvgIpc) is 2.94. The van der Waals surface area contributed by atoms with Gasteiger partial charge in [0.2, 0.25) is 0 Å². The molecule has 0 unspecified atom stereocenters. The molecule has 3 aromatic rings. The fourth-order valence-electron chi connectivity index (χ4n) is 2.26. The Bertz CT molecular complexity index is 869. The molecule has 0 radical (unpaired) electrons. The number of aryl methyl sites for hydroxylation is 1. The molecule has 2 aromatic heterocycles. The molecule has 6 heteroatoms. The maximum absolute atomic E-state index is 12.2. The number of benzene rings is 1. The first-order valence-corrected chi connectivity index (χ1v) is 7.32. The summed E-state index contributed by atoms with van der Waals surface area (Å²) in [4.78, 5) is 16.5. The van der Waals surface area contributed by atoms with E-state index in [0.717, 1.165) is 5.69 Å². The van der Waals surface area contributed by atoms with Gasteiger partial charge in [0.05, 0.1) is 12.3 Å². The molecule has 0 spiro atoms. The van der Waals surface area contributed by atoms with E-state index in [4.69, 9.17) is 4.74 Å². The van der Waals surface area contributed by atoms with E-state index < -0.39 is 5.97 Å². The number of imidazole rings is 1. The van der Waals surface area contributed by atoms with Gasteiger partial charge in [-0.2, -0.15) is 0 Å². The first-order chi connectivity index (χ1) is 11.2. The Kier molecular flexibility index (Phi) is 4.14. The minimum atomic E-state index is -0.502. The van der Waals surface area contributed by atoms with Crippen LogP contribution in [0.15, 0.2) is 58.8 Å². The number of hydrogen-bond acceptors (Lipinski definition) is 5.